The molecule has 1 N–H and O–H groups in total. The summed E-state index contributed by atoms with van der Waals surface area (Å²) in [5, 5.41) is 3.95. The van der Waals surface area contributed by atoms with E-state index in [9.17, 15) is 4.79 Å². The number of hydrogen-bond donors (Lipinski definition) is 1. The van der Waals surface area contributed by atoms with Crippen molar-refractivity contribution < 1.29 is 4.79 Å². The molecule has 5 heteroatoms. The van der Waals surface area contributed by atoms with Gasteiger partial charge in [-0.1, -0.05) is 6.07 Å². The van der Waals surface area contributed by atoms with E-state index in [4.69, 9.17) is 0 Å². The SMILES string of the molecule is Cc1ccc(C(=O)NN=Cc2ccc(Br)s2)cc1C. The topological polar surface area (TPSA) is 41.5 Å². The van der Waals surface area contributed by atoms with Crippen LogP contribution in [0.2, 0.25) is 0 Å². The van der Waals surface area contributed by atoms with Crippen LogP contribution in [-0.2, 0) is 0 Å². The minimum absolute atomic E-state index is 0.199. The van der Waals surface area contributed by atoms with Crippen LogP contribution in [0.25, 0.3) is 0 Å². The Morgan fingerprint density at radius 2 is 2.05 bits per heavy atom. The van der Waals surface area contributed by atoms with E-state index in [-0.39, 0.29) is 5.91 Å². The predicted molar refractivity (Wildman–Crippen MR) is 83.0 cm³/mol. The molecule has 0 aliphatic rings. The zero-order chi connectivity index (χ0) is 13.8. The maximum Gasteiger partial charge on any atom is 0.271 e. The minimum atomic E-state index is -0.199. The molecular weight excluding hydrogens is 324 g/mol. The standard InChI is InChI=1S/C14H13BrN2OS/c1-9-3-4-11(7-10(9)2)14(18)17-16-8-12-5-6-13(15)19-12/h3-8H,1-2H3,(H,17,18). The monoisotopic (exact) mass is 336 g/mol. The van der Waals surface area contributed by atoms with Gasteiger partial charge in [0.15, 0.2) is 0 Å². The highest BCUT2D eigenvalue weighted by Gasteiger charge is 2.05. The summed E-state index contributed by atoms with van der Waals surface area (Å²) in [4.78, 5) is 12.9. The second-order valence-corrected chi connectivity index (χ2v) is 6.63. The Labute approximate surface area is 124 Å². The largest absolute Gasteiger partial charge is 0.271 e. The molecule has 1 aromatic heterocycles. The third-order valence-corrected chi connectivity index (χ3v) is 4.28. The van der Waals surface area contributed by atoms with E-state index in [0.717, 1.165) is 14.2 Å². The number of carbonyl (C=O) groups is 1. The smallest absolute Gasteiger partial charge is 0.267 e. The fraction of sp³-hybridized carbons (Fsp3) is 0.143. The molecule has 3 nitrogen and oxygen atoms in total. The summed E-state index contributed by atoms with van der Waals surface area (Å²) in [6, 6.07) is 9.47. The Kier molecular flexibility index (Phi) is 4.50. The van der Waals surface area contributed by atoms with Gasteiger partial charge < -0.3 is 0 Å². The lowest BCUT2D eigenvalue weighted by atomic mass is 10.1. The summed E-state index contributed by atoms with van der Waals surface area (Å²) in [6.07, 6.45) is 1.63. The van der Waals surface area contributed by atoms with Crippen molar-refractivity contribution in [1.82, 2.24) is 5.43 Å². The van der Waals surface area contributed by atoms with Gasteiger partial charge in [0.1, 0.15) is 0 Å². The highest BCUT2D eigenvalue weighted by molar-refractivity contribution is 9.11. The first-order chi connectivity index (χ1) is 9.06. The van der Waals surface area contributed by atoms with Crippen molar-refractivity contribution in [3.05, 3.63) is 55.7 Å². The molecule has 0 saturated heterocycles. The molecule has 1 heterocycles. The van der Waals surface area contributed by atoms with E-state index < -0.39 is 0 Å². The zero-order valence-corrected chi connectivity index (χ0v) is 13.0. The maximum absolute atomic E-state index is 11.9. The third-order valence-electron chi connectivity index (χ3n) is 2.72. The Balaban J connectivity index is 2.01. The van der Waals surface area contributed by atoms with E-state index in [1.54, 1.807) is 23.6 Å². The van der Waals surface area contributed by atoms with Crippen LogP contribution < -0.4 is 5.43 Å². The molecule has 0 unspecified atom stereocenters. The maximum atomic E-state index is 11.9. The van der Waals surface area contributed by atoms with Crippen molar-refractivity contribution in [2.45, 2.75) is 13.8 Å². The Bertz CT molecular complexity index is 634. The molecular formula is C14H13BrN2OS. The van der Waals surface area contributed by atoms with Gasteiger partial charge in [-0.3, -0.25) is 4.79 Å². The lowest BCUT2D eigenvalue weighted by molar-refractivity contribution is 0.0955. The van der Waals surface area contributed by atoms with Crippen LogP contribution in [-0.4, -0.2) is 12.1 Å². The molecule has 0 aliphatic heterocycles. The molecule has 1 aromatic carbocycles. The molecule has 0 saturated carbocycles. The molecule has 19 heavy (non-hydrogen) atoms. The van der Waals surface area contributed by atoms with E-state index >= 15 is 0 Å². The van der Waals surface area contributed by atoms with Gasteiger partial charge >= 0.3 is 0 Å². The second-order valence-electron chi connectivity index (χ2n) is 4.14. The van der Waals surface area contributed by atoms with Crippen LogP contribution >= 0.6 is 27.3 Å². The van der Waals surface area contributed by atoms with Crippen LogP contribution in [0.3, 0.4) is 0 Å². The van der Waals surface area contributed by atoms with Crippen LogP contribution in [0.4, 0.5) is 0 Å². The molecule has 98 valence electrons. The Morgan fingerprint density at radius 3 is 2.68 bits per heavy atom. The fourth-order valence-electron chi connectivity index (χ4n) is 1.50. The van der Waals surface area contributed by atoms with Gasteiger partial charge in [0.05, 0.1) is 10.0 Å². The molecule has 2 rings (SSSR count). The number of amides is 1. The number of rotatable bonds is 3. The van der Waals surface area contributed by atoms with Crippen molar-refractivity contribution in [2.24, 2.45) is 5.10 Å². The average Bonchev–Trinajstić information content (AvgIpc) is 2.78. The molecule has 0 aliphatic carbocycles. The Morgan fingerprint density at radius 1 is 1.26 bits per heavy atom. The van der Waals surface area contributed by atoms with Gasteiger partial charge in [0, 0.05) is 10.4 Å². The highest BCUT2D eigenvalue weighted by atomic mass is 79.9. The van der Waals surface area contributed by atoms with Crippen LogP contribution in [0.5, 0.6) is 0 Å². The molecule has 0 radical (unpaired) electrons. The van der Waals surface area contributed by atoms with E-state index in [1.165, 1.54) is 5.56 Å². The van der Waals surface area contributed by atoms with Crippen molar-refractivity contribution >= 4 is 39.4 Å². The number of thiophene rings is 1. The molecule has 1 amide bonds. The van der Waals surface area contributed by atoms with Crippen LogP contribution in [0, 0.1) is 13.8 Å². The summed E-state index contributed by atoms with van der Waals surface area (Å²) in [5.74, 6) is -0.199. The first kappa shape index (κ1) is 14.0. The predicted octanol–water partition coefficient (Wildman–Crippen LogP) is 3.89. The summed E-state index contributed by atoms with van der Waals surface area (Å²) in [6.45, 7) is 4.00. The van der Waals surface area contributed by atoms with Gasteiger partial charge in [0.25, 0.3) is 5.91 Å². The lowest BCUT2D eigenvalue weighted by Gasteiger charge is -2.03. The van der Waals surface area contributed by atoms with Crippen LogP contribution in [0.15, 0.2) is 39.2 Å². The van der Waals surface area contributed by atoms with Gasteiger partial charge in [-0.25, -0.2) is 5.43 Å². The van der Waals surface area contributed by atoms with Crippen molar-refractivity contribution in [1.29, 1.82) is 0 Å². The number of nitrogens with one attached hydrogen (secondary N) is 1. The molecule has 0 spiro atoms. The number of benzene rings is 1. The van der Waals surface area contributed by atoms with Crippen molar-refractivity contribution in [2.75, 3.05) is 0 Å². The third kappa shape index (κ3) is 3.75. The fourth-order valence-corrected chi connectivity index (χ4v) is 2.80. The quantitative estimate of drug-likeness (QED) is 0.670. The molecule has 2 aromatic rings. The van der Waals surface area contributed by atoms with Crippen LogP contribution in [0.1, 0.15) is 26.4 Å². The van der Waals surface area contributed by atoms with Crippen molar-refractivity contribution in [3.8, 4) is 0 Å². The summed E-state index contributed by atoms with van der Waals surface area (Å²) >= 11 is 4.93. The van der Waals surface area contributed by atoms with Crippen molar-refractivity contribution in [3.63, 3.8) is 0 Å². The van der Waals surface area contributed by atoms with E-state index in [2.05, 4.69) is 26.5 Å². The normalized spacial score (nSPS) is 10.9. The second kappa shape index (κ2) is 6.12. The summed E-state index contributed by atoms with van der Waals surface area (Å²) in [7, 11) is 0. The number of nitrogens with zero attached hydrogens (tertiary/aromatic N) is 1. The zero-order valence-electron chi connectivity index (χ0n) is 10.6. The average molecular weight is 337 g/mol. The number of carbonyl (C=O) groups excluding carboxylic acids is 1. The molecule has 0 atom stereocenters. The summed E-state index contributed by atoms with van der Waals surface area (Å²) < 4.78 is 1.04. The lowest BCUT2D eigenvalue weighted by Crippen LogP contribution is -2.17. The minimum Gasteiger partial charge on any atom is -0.267 e. The van der Waals surface area contributed by atoms with Gasteiger partial charge in [-0.15, -0.1) is 11.3 Å². The number of aryl methyl sites for hydroxylation is 2. The van der Waals surface area contributed by atoms with E-state index in [0.29, 0.717) is 5.56 Å². The van der Waals surface area contributed by atoms with Gasteiger partial charge in [-0.05, 0) is 65.2 Å². The first-order valence-electron chi connectivity index (χ1n) is 5.72. The number of hydrogen-bond acceptors (Lipinski definition) is 3. The Hall–Kier alpha value is -1.46. The molecule has 0 fully saturated rings. The van der Waals surface area contributed by atoms with Gasteiger partial charge in [-0.2, -0.15) is 5.10 Å². The first-order valence-corrected chi connectivity index (χ1v) is 7.33. The highest BCUT2D eigenvalue weighted by Crippen LogP contribution is 2.20. The van der Waals surface area contributed by atoms with Gasteiger partial charge in [0.2, 0.25) is 0 Å². The summed E-state index contributed by atoms with van der Waals surface area (Å²) in [5.41, 5.74) is 5.41. The number of halogens is 1. The van der Waals surface area contributed by atoms with E-state index in [1.807, 2.05) is 38.1 Å². The molecule has 0 bridgehead atoms. The number of hydrazone groups is 1.